The molecule has 31 heavy (non-hydrogen) atoms. The third kappa shape index (κ3) is 5.03. The monoisotopic (exact) mass is 424 g/mol. The number of hydrogen-bond donors (Lipinski definition) is 1. The van der Waals surface area contributed by atoms with Crippen LogP contribution in [0.2, 0.25) is 0 Å². The Kier molecular flexibility index (Phi) is 6.92. The highest BCUT2D eigenvalue weighted by atomic mass is 16.5. The SMILES string of the molecule is COC(=O)C[C@H](NC(=O)Cn1ccc(=O)c2ccccc21)c1ccc(OC)c(OC)c1. The van der Waals surface area contributed by atoms with E-state index in [1.54, 1.807) is 53.2 Å². The fourth-order valence-corrected chi connectivity index (χ4v) is 3.36. The van der Waals surface area contributed by atoms with Crippen LogP contribution in [0.5, 0.6) is 11.5 Å². The smallest absolute Gasteiger partial charge is 0.307 e. The van der Waals surface area contributed by atoms with E-state index >= 15 is 0 Å². The molecule has 0 saturated heterocycles. The number of amides is 1. The normalized spacial score (nSPS) is 11.6. The number of fused-ring (bicyclic) bond motifs is 1. The van der Waals surface area contributed by atoms with Gasteiger partial charge < -0.3 is 24.1 Å². The van der Waals surface area contributed by atoms with Crippen molar-refractivity contribution < 1.29 is 23.8 Å². The molecule has 8 nitrogen and oxygen atoms in total. The van der Waals surface area contributed by atoms with Crippen LogP contribution in [0.15, 0.2) is 59.5 Å². The zero-order chi connectivity index (χ0) is 22.4. The molecule has 0 fully saturated rings. The molecule has 0 saturated carbocycles. The lowest BCUT2D eigenvalue weighted by Crippen LogP contribution is -2.33. The van der Waals surface area contributed by atoms with E-state index in [9.17, 15) is 14.4 Å². The number of pyridine rings is 1. The second-order valence-electron chi connectivity index (χ2n) is 6.84. The minimum atomic E-state index is -0.634. The molecular weight excluding hydrogens is 400 g/mol. The van der Waals surface area contributed by atoms with Gasteiger partial charge in [0.15, 0.2) is 16.9 Å². The largest absolute Gasteiger partial charge is 0.493 e. The number of hydrogen-bond acceptors (Lipinski definition) is 6. The number of para-hydroxylation sites is 1. The number of methoxy groups -OCH3 is 3. The van der Waals surface area contributed by atoms with E-state index in [0.717, 1.165) is 0 Å². The fourth-order valence-electron chi connectivity index (χ4n) is 3.36. The fraction of sp³-hybridized carbons (Fsp3) is 0.261. The van der Waals surface area contributed by atoms with E-state index in [1.807, 2.05) is 0 Å². The van der Waals surface area contributed by atoms with Crippen LogP contribution in [0.4, 0.5) is 0 Å². The van der Waals surface area contributed by atoms with Crippen molar-refractivity contribution in [1.82, 2.24) is 9.88 Å². The third-order valence-electron chi connectivity index (χ3n) is 4.94. The summed E-state index contributed by atoms with van der Waals surface area (Å²) in [4.78, 5) is 36.9. The van der Waals surface area contributed by atoms with E-state index in [-0.39, 0.29) is 24.3 Å². The van der Waals surface area contributed by atoms with Crippen molar-refractivity contribution in [2.24, 2.45) is 0 Å². The van der Waals surface area contributed by atoms with Gasteiger partial charge in [0.1, 0.15) is 6.54 Å². The summed E-state index contributed by atoms with van der Waals surface area (Å²) < 4.78 is 17.1. The molecule has 162 valence electrons. The highest BCUT2D eigenvalue weighted by molar-refractivity contribution is 5.82. The van der Waals surface area contributed by atoms with Crippen LogP contribution < -0.4 is 20.2 Å². The zero-order valence-electron chi connectivity index (χ0n) is 17.6. The summed E-state index contributed by atoms with van der Waals surface area (Å²) in [6, 6.07) is 13.0. The van der Waals surface area contributed by atoms with Crippen molar-refractivity contribution in [2.45, 2.75) is 19.0 Å². The van der Waals surface area contributed by atoms with E-state index < -0.39 is 12.0 Å². The average Bonchev–Trinajstić information content (AvgIpc) is 2.80. The molecule has 8 heteroatoms. The second kappa shape index (κ2) is 9.80. The molecule has 0 unspecified atom stereocenters. The van der Waals surface area contributed by atoms with Crippen LogP contribution in [0, 0.1) is 0 Å². The Morgan fingerprint density at radius 2 is 1.74 bits per heavy atom. The topological polar surface area (TPSA) is 95.9 Å². The van der Waals surface area contributed by atoms with Gasteiger partial charge in [-0.15, -0.1) is 0 Å². The molecule has 0 aliphatic heterocycles. The number of esters is 1. The number of aromatic nitrogens is 1. The van der Waals surface area contributed by atoms with Gasteiger partial charge in [-0.1, -0.05) is 18.2 Å². The first-order valence-electron chi connectivity index (χ1n) is 9.63. The van der Waals surface area contributed by atoms with Gasteiger partial charge in [0.05, 0.1) is 39.3 Å². The Morgan fingerprint density at radius 3 is 2.45 bits per heavy atom. The quantitative estimate of drug-likeness (QED) is 0.558. The number of nitrogens with zero attached hydrogens (tertiary/aromatic N) is 1. The van der Waals surface area contributed by atoms with Gasteiger partial charge in [0.2, 0.25) is 5.91 Å². The van der Waals surface area contributed by atoms with Crippen LogP contribution in [0.3, 0.4) is 0 Å². The summed E-state index contributed by atoms with van der Waals surface area (Å²) in [5.74, 6) is 0.232. The summed E-state index contributed by atoms with van der Waals surface area (Å²) in [6.07, 6.45) is 1.53. The molecule has 0 bridgehead atoms. The van der Waals surface area contributed by atoms with Gasteiger partial charge in [-0.3, -0.25) is 14.4 Å². The Morgan fingerprint density at radius 1 is 1.00 bits per heavy atom. The standard InChI is InChI=1S/C23H24N2O6/c1-29-20-9-8-15(12-21(20)30-2)17(13-23(28)31-3)24-22(27)14-25-11-10-19(26)16-6-4-5-7-18(16)25/h4-12,17H,13-14H2,1-3H3,(H,24,27)/t17-/m0/s1. The van der Waals surface area contributed by atoms with Gasteiger partial charge in [-0.25, -0.2) is 0 Å². The Labute approximate surface area is 179 Å². The first-order valence-corrected chi connectivity index (χ1v) is 9.63. The predicted octanol–water partition coefficient (Wildman–Crippen LogP) is 2.44. The Balaban J connectivity index is 1.87. The number of rotatable bonds is 8. The van der Waals surface area contributed by atoms with Crippen LogP contribution >= 0.6 is 0 Å². The minimum absolute atomic E-state index is 0.0221. The Bertz CT molecular complexity index is 1150. The number of benzene rings is 2. The van der Waals surface area contributed by atoms with Crippen molar-refractivity contribution in [1.29, 1.82) is 0 Å². The molecule has 1 atom stereocenters. The molecule has 0 aliphatic carbocycles. The maximum absolute atomic E-state index is 12.9. The lowest BCUT2D eigenvalue weighted by Gasteiger charge is -2.20. The third-order valence-corrected chi connectivity index (χ3v) is 4.94. The molecule has 0 spiro atoms. The number of nitrogens with one attached hydrogen (secondary N) is 1. The number of carbonyl (C=O) groups excluding carboxylic acids is 2. The van der Waals surface area contributed by atoms with Crippen LogP contribution in [0.25, 0.3) is 10.9 Å². The second-order valence-corrected chi connectivity index (χ2v) is 6.84. The highest BCUT2D eigenvalue weighted by Gasteiger charge is 2.21. The van der Waals surface area contributed by atoms with Crippen LogP contribution in [-0.4, -0.2) is 37.8 Å². The maximum Gasteiger partial charge on any atom is 0.307 e. The maximum atomic E-state index is 12.9. The lowest BCUT2D eigenvalue weighted by atomic mass is 10.0. The van der Waals surface area contributed by atoms with E-state index in [4.69, 9.17) is 14.2 Å². The average molecular weight is 424 g/mol. The first kappa shape index (κ1) is 21.9. The van der Waals surface area contributed by atoms with Crippen LogP contribution in [-0.2, 0) is 20.9 Å². The van der Waals surface area contributed by atoms with Gasteiger partial charge in [-0.05, 0) is 29.8 Å². The lowest BCUT2D eigenvalue weighted by molar-refractivity contribution is -0.141. The summed E-state index contributed by atoms with van der Waals surface area (Å²) in [6.45, 7) is -0.0221. The van der Waals surface area contributed by atoms with Crippen LogP contribution in [0.1, 0.15) is 18.0 Å². The molecule has 1 amide bonds. The molecule has 3 aromatic rings. The van der Waals surface area contributed by atoms with E-state index in [0.29, 0.717) is 28.0 Å². The minimum Gasteiger partial charge on any atom is -0.493 e. The molecule has 1 aromatic heterocycles. The Hall–Kier alpha value is -3.81. The molecule has 1 N–H and O–H groups in total. The predicted molar refractivity (Wildman–Crippen MR) is 115 cm³/mol. The van der Waals surface area contributed by atoms with Crippen molar-refractivity contribution in [2.75, 3.05) is 21.3 Å². The van der Waals surface area contributed by atoms with Gasteiger partial charge in [-0.2, -0.15) is 0 Å². The molecule has 0 aliphatic rings. The molecule has 3 rings (SSSR count). The molecule has 2 aromatic carbocycles. The first-order chi connectivity index (χ1) is 15.0. The summed E-state index contributed by atoms with van der Waals surface area (Å²) >= 11 is 0. The summed E-state index contributed by atoms with van der Waals surface area (Å²) in [5, 5.41) is 3.41. The van der Waals surface area contributed by atoms with Gasteiger partial charge in [0, 0.05) is 17.6 Å². The zero-order valence-corrected chi connectivity index (χ0v) is 17.6. The van der Waals surface area contributed by atoms with E-state index in [1.165, 1.54) is 27.4 Å². The highest BCUT2D eigenvalue weighted by Crippen LogP contribution is 2.31. The number of carbonyl (C=O) groups is 2. The number of ether oxygens (including phenoxy) is 3. The van der Waals surface area contributed by atoms with Gasteiger partial charge in [0.25, 0.3) is 0 Å². The summed E-state index contributed by atoms with van der Waals surface area (Å²) in [7, 11) is 4.33. The molecular formula is C23H24N2O6. The molecule has 1 heterocycles. The summed E-state index contributed by atoms with van der Waals surface area (Å²) in [5.41, 5.74) is 1.21. The van der Waals surface area contributed by atoms with Crippen molar-refractivity contribution in [3.63, 3.8) is 0 Å². The van der Waals surface area contributed by atoms with Crippen molar-refractivity contribution in [3.05, 3.63) is 70.5 Å². The molecule has 0 radical (unpaired) electrons. The van der Waals surface area contributed by atoms with Gasteiger partial charge >= 0.3 is 5.97 Å². The van der Waals surface area contributed by atoms with Crippen molar-refractivity contribution in [3.8, 4) is 11.5 Å². The van der Waals surface area contributed by atoms with E-state index in [2.05, 4.69) is 5.32 Å². The van der Waals surface area contributed by atoms with Crippen molar-refractivity contribution >= 4 is 22.8 Å².